The van der Waals surface area contributed by atoms with Gasteiger partial charge in [-0.15, -0.1) is 0 Å². The van der Waals surface area contributed by atoms with Crippen LogP contribution < -0.4 is 11.2 Å². The maximum Gasteiger partial charge on any atom is 0.490 e. The van der Waals surface area contributed by atoms with Crippen LogP contribution in [-0.4, -0.2) is 45.3 Å². The van der Waals surface area contributed by atoms with Gasteiger partial charge in [0, 0.05) is 11.8 Å². The van der Waals surface area contributed by atoms with Crippen LogP contribution >= 0.6 is 23.5 Å². The van der Waals surface area contributed by atoms with Gasteiger partial charge in [-0.2, -0.15) is 8.62 Å². The molecule has 1 aromatic rings. The first-order chi connectivity index (χ1) is 25.8. The Balaban J connectivity index is 1.76. The van der Waals surface area contributed by atoms with Gasteiger partial charge in [-0.05, 0) is 32.6 Å². The molecule has 0 amide bonds. The van der Waals surface area contributed by atoms with Crippen LogP contribution in [0.2, 0.25) is 0 Å². The van der Waals surface area contributed by atoms with Gasteiger partial charge in [0.05, 0.1) is 25.9 Å². The molecule has 1 saturated heterocycles. The van der Waals surface area contributed by atoms with E-state index in [0.717, 1.165) is 57.8 Å². The fourth-order valence-electron chi connectivity index (χ4n) is 6.26. The molecular formula is C36H69N2O13P3. The van der Waals surface area contributed by atoms with Crippen molar-refractivity contribution in [3.8, 4) is 0 Å². The predicted octanol–water partition coefficient (Wildman–Crippen LogP) is 10.5. The molecule has 15 nitrogen and oxygen atoms in total. The van der Waals surface area contributed by atoms with E-state index in [1.165, 1.54) is 88.3 Å². The number of hydrogen-bond donors (Lipinski definition) is 3. The molecule has 0 aromatic carbocycles. The first-order valence-electron chi connectivity index (χ1n) is 20.4. The summed E-state index contributed by atoms with van der Waals surface area (Å²) in [5, 5.41) is 0. The lowest BCUT2D eigenvalue weighted by Crippen LogP contribution is -2.33. The number of hydrogen-bond acceptors (Lipinski definition) is 11. The third-order valence-corrected chi connectivity index (χ3v) is 14.1. The number of unbranched alkanes of at least 4 members (excludes halogenated alkanes) is 20. The average Bonchev–Trinajstić information content (AvgIpc) is 3.58. The highest BCUT2D eigenvalue weighted by Crippen LogP contribution is 2.69. The van der Waals surface area contributed by atoms with Gasteiger partial charge in [0.2, 0.25) is 0 Å². The largest absolute Gasteiger partial charge is 0.490 e. The summed E-state index contributed by atoms with van der Waals surface area (Å²) in [5.74, 6) is 0. The molecule has 0 aliphatic carbocycles. The Hall–Kier alpha value is -0.950. The van der Waals surface area contributed by atoms with Crippen LogP contribution in [0.3, 0.4) is 0 Å². The summed E-state index contributed by atoms with van der Waals surface area (Å²) >= 11 is 0. The number of phosphoric ester groups is 2. The highest BCUT2D eigenvalue weighted by atomic mass is 31.3. The van der Waals surface area contributed by atoms with E-state index in [1.54, 1.807) is 0 Å². The summed E-state index contributed by atoms with van der Waals surface area (Å²) in [7, 11) is -15.4. The molecule has 316 valence electrons. The number of ether oxygens (including phenoxy) is 1. The van der Waals surface area contributed by atoms with Crippen LogP contribution in [-0.2, 0) is 40.6 Å². The van der Waals surface area contributed by atoms with Crippen LogP contribution in [0.15, 0.2) is 15.8 Å². The molecule has 1 aliphatic heterocycles. The Morgan fingerprint density at radius 3 is 1.57 bits per heavy atom. The molecule has 3 unspecified atom stereocenters. The lowest BCUT2D eigenvalue weighted by Gasteiger charge is -2.22. The molecule has 1 fully saturated rings. The van der Waals surface area contributed by atoms with Crippen LogP contribution in [0.25, 0.3) is 0 Å². The van der Waals surface area contributed by atoms with Crippen molar-refractivity contribution < 1.29 is 50.4 Å². The topological polar surface area (TPSA) is 202 Å². The van der Waals surface area contributed by atoms with E-state index in [4.69, 9.17) is 22.6 Å². The number of aromatic nitrogens is 2. The highest BCUT2D eigenvalue weighted by Gasteiger charge is 2.44. The summed E-state index contributed by atoms with van der Waals surface area (Å²) < 4.78 is 70.7. The molecular weight excluding hydrogens is 761 g/mol. The van der Waals surface area contributed by atoms with Crippen molar-refractivity contribution >= 4 is 23.5 Å². The van der Waals surface area contributed by atoms with Gasteiger partial charge < -0.3 is 14.5 Å². The minimum atomic E-state index is -5.51. The summed E-state index contributed by atoms with van der Waals surface area (Å²) in [6.45, 7) is 5.20. The standard InChI is InChI=1S/C36H69N2O13P3/c1-4-6-8-10-12-13-14-15-16-17-18-19-20-21-23-25-29-47-54(45,46-28-24-22-11-9-7-5-2)51-53(43,44)50-52(41,42)48-31-33-26-27-34(49-33)38-30-32(3)35(39)37-36(38)40/h30,33-34H,4-29,31H2,1-3H3,(H,41,42)(H,43,44)(H,37,39,40)/t33-,34+,54?/m0/s1. The number of phosphoric acid groups is 3. The quantitative estimate of drug-likeness (QED) is 0.0438. The highest BCUT2D eigenvalue weighted by molar-refractivity contribution is 7.67. The number of nitrogens with zero attached hydrogens (tertiary/aromatic N) is 1. The van der Waals surface area contributed by atoms with Crippen molar-refractivity contribution in [2.75, 3.05) is 19.8 Å². The number of H-pyrrole nitrogens is 1. The Kier molecular flexibility index (Phi) is 25.2. The van der Waals surface area contributed by atoms with Crippen LogP contribution in [0.5, 0.6) is 0 Å². The molecule has 54 heavy (non-hydrogen) atoms. The lowest BCUT2D eigenvalue weighted by molar-refractivity contribution is -0.0244. The molecule has 0 radical (unpaired) electrons. The van der Waals surface area contributed by atoms with E-state index in [0.29, 0.717) is 31.2 Å². The summed E-state index contributed by atoms with van der Waals surface area (Å²) in [6.07, 6.45) is 24.8. The molecule has 2 heterocycles. The molecule has 5 atom stereocenters. The van der Waals surface area contributed by atoms with E-state index in [1.807, 2.05) is 0 Å². The zero-order chi connectivity index (χ0) is 39.7. The van der Waals surface area contributed by atoms with E-state index in [9.17, 15) is 33.1 Å². The van der Waals surface area contributed by atoms with Crippen molar-refractivity contribution in [1.29, 1.82) is 0 Å². The molecule has 0 saturated carbocycles. The monoisotopic (exact) mass is 830 g/mol. The zero-order valence-electron chi connectivity index (χ0n) is 33.0. The van der Waals surface area contributed by atoms with Gasteiger partial charge in [-0.3, -0.25) is 27.9 Å². The Bertz CT molecular complexity index is 1420. The van der Waals surface area contributed by atoms with Crippen molar-refractivity contribution in [2.45, 2.75) is 187 Å². The third kappa shape index (κ3) is 22.1. The van der Waals surface area contributed by atoms with Gasteiger partial charge >= 0.3 is 29.2 Å². The van der Waals surface area contributed by atoms with Crippen molar-refractivity contribution in [3.05, 3.63) is 32.6 Å². The van der Waals surface area contributed by atoms with Crippen molar-refractivity contribution in [1.82, 2.24) is 9.55 Å². The summed E-state index contributed by atoms with van der Waals surface area (Å²) in [5.41, 5.74) is -0.898. The molecule has 3 N–H and O–H groups in total. The first-order valence-corrected chi connectivity index (χ1v) is 24.8. The molecule has 2 rings (SSSR count). The Labute approximate surface area is 322 Å². The fraction of sp³-hybridized carbons (Fsp3) is 0.889. The van der Waals surface area contributed by atoms with Gasteiger partial charge in [0.1, 0.15) is 6.23 Å². The zero-order valence-corrected chi connectivity index (χ0v) is 35.7. The lowest BCUT2D eigenvalue weighted by atomic mass is 10.0. The number of nitrogens with one attached hydrogen (secondary N) is 1. The van der Waals surface area contributed by atoms with Gasteiger partial charge in [-0.1, -0.05) is 142 Å². The molecule has 1 aliphatic rings. The van der Waals surface area contributed by atoms with E-state index in [2.05, 4.69) is 23.1 Å². The predicted molar refractivity (Wildman–Crippen MR) is 209 cm³/mol. The second kappa shape index (κ2) is 27.6. The van der Waals surface area contributed by atoms with E-state index < -0.39 is 53.7 Å². The number of aryl methyl sites for hydroxylation is 1. The number of rotatable bonds is 34. The van der Waals surface area contributed by atoms with Crippen LogP contribution in [0.4, 0.5) is 0 Å². The van der Waals surface area contributed by atoms with E-state index >= 15 is 0 Å². The second-order valence-corrected chi connectivity index (χ2v) is 19.2. The molecule has 0 spiro atoms. The minimum Gasteiger partial charge on any atom is -0.352 e. The van der Waals surface area contributed by atoms with Crippen molar-refractivity contribution in [2.24, 2.45) is 0 Å². The average molecular weight is 831 g/mol. The van der Waals surface area contributed by atoms with Gasteiger partial charge in [0.15, 0.2) is 0 Å². The smallest absolute Gasteiger partial charge is 0.352 e. The molecule has 0 bridgehead atoms. The van der Waals surface area contributed by atoms with Crippen molar-refractivity contribution in [3.63, 3.8) is 0 Å². The summed E-state index contributed by atoms with van der Waals surface area (Å²) in [6, 6.07) is 0. The maximum atomic E-state index is 13.5. The molecule has 18 heteroatoms. The van der Waals surface area contributed by atoms with Gasteiger partial charge in [0.25, 0.3) is 5.56 Å². The van der Waals surface area contributed by atoms with Gasteiger partial charge in [-0.25, -0.2) is 18.5 Å². The minimum absolute atomic E-state index is 0.0718. The van der Waals surface area contributed by atoms with E-state index in [-0.39, 0.29) is 13.2 Å². The summed E-state index contributed by atoms with van der Waals surface area (Å²) in [4.78, 5) is 46.7. The van der Waals surface area contributed by atoms with Crippen LogP contribution in [0, 0.1) is 6.92 Å². The Morgan fingerprint density at radius 1 is 0.667 bits per heavy atom. The SMILES string of the molecule is CCCCCCCCCCCCCCCCCCOP(=O)(OCCCCCCCC)OP(=O)(O)OP(=O)(O)OC[C@@H]1CC[C@H](n2cc(C)c(=O)[nH]c2=O)O1. The fourth-order valence-corrected chi connectivity index (χ4v) is 10.4. The first kappa shape index (κ1) is 49.2. The van der Waals surface area contributed by atoms with Crippen LogP contribution in [0.1, 0.15) is 180 Å². The third-order valence-electron chi connectivity index (χ3n) is 9.37. The second-order valence-electron chi connectivity index (χ2n) is 14.3. The Morgan fingerprint density at radius 2 is 1.11 bits per heavy atom. The maximum absolute atomic E-state index is 13.5. The number of aromatic amines is 1. The normalized spacial score (nSPS) is 19.4. The molecule has 1 aromatic heterocycles.